The zero-order valence-corrected chi connectivity index (χ0v) is 32.2. The van der Waals surface area contributed by atoms with Crippen LogP contribution >= 0.6 is 12.2 Å². The summed E-state index contributed by atoms with van der Waals surface area (Å²) >= 11 is 4.47. The minimum absolute atomic E-state index is 0. The second kappa shape index (κ2) is 85.2. The Morgan fingerprint density at radius 3 is 0.776 bits per heavy atom. The van der Waals surface area contributed by atoms with Gasteiger partial charge in [0.15, 0.2) is 0 Å². The van der Waals surface area contributed by atoms with Crippen molar-refractivity contribution in [2.75, 3.05) is 7.11 Å². The molecule has 6 N–H and O–H groups in total. The third-order valence-electron chi connectivity index (χ3n) is 4.68. The second-order valence-electron chi connectivity index (χ2n) is 9.14. The minimum Gasteiger partial charge on any atom is -0.469 e. The van der Waals surface area contributed by atoms with E-state index < -0.39 is 0 Å². The molecule has 0 heterocycles. The molecule has 0 saturated heterocycles. The third kappa shape index (κ3) is 187. The zero-order valence-electron chi connectivity index (χ0n) is 31.4. The van der Waals surface area contributed by atoms with Crippen molar-refractivity contribution < 1.29 is 19.1 Å². The second-order valence-corrected chi connectivity index (χ2v) is 9.67. The number of primary amides is 2. The smallest absolute Gasteiger partial charge is 0.305 e. The number of hydrogen-bond acceptors (Lipinski definition) is 5. The molecule has 8 heteroatoms. The number of thiocarbonyl (C=S) groups is 1. The highest BCUT2D eigenvalue weighted by Gasteiger charge is 1.87. The number of ether oxygens (including phenoxy) is 1. The molecule has 0 rings (SSSR count). The molecule has 0 unspecified atom stereocenters. The van der Waals surface area contributed by atoms with Crippen molar-refractivity contribution in [3.05, 3.63) is 22.3 Å². The van der Waals surface area contributed by atoms with Gasteiger partial charge in [0, 0.05) is 25.7 Å². The number of carbonyl (C=O) groups is 3. The van der Waals surface area contributed by atoms with Gasteiger partial charge in [-0.25, -0.2) is 0 Å². The summed E-state index contributed by atoms with van der Waals surface area (Å²) in [5.41, 5.74) is 20.3. The van der Waals surface area contributed by atoms with Crippen LogP contribution in [0.4, 0.5) is 0 Å². The number of rotatable bonds is 6. The van der Waals surface area contributed by atoms with Crippen molar-refractivity contribution >= 4 is 35.0 Å². The molecule has 7 nitrogen and oxygen atoms in total. The van der Waals surface area contributed by atoms with Crippen LogP contribution in [0, 0.1) is 11.8 Å². The average molecular weight is 728 g/mol. The highest BCUT2D eigenvalue weighted by molar-refractivity contribution is 7.80. The number of allylic oxidation sites excluding steroid dienone is 4. The first-order valence-corrected chi connectivity index (χ1v) is 15.8. The molecule has 306 valence electrons. The Hall–Kier alpha value is -2.66. The van der Waals surface area contributed by atoms with Gasteiger partial charge in [0.25, 0.3) is 0 Å². The molecule has 0 aromatic carbocycles. The molecule has 0 aliphatic rings. The molecule has 0 fully saturated rings. The molecule has 0 aromatic rings. The molecule has 0 aliphatic carbocycles. The van der Waals surface area contributed by atoms with Gasteiger partial charge in [0.2, 0.25) is 11.8 Å². The molecule has 2 amide bonds. The maximum Gasteiger partial charge on any atom is 0.305 e. The fraction of sp³-hybridized carbons (Fsp3) is 0.756. The lowest BCUT2D eigenvalue weighted by Crippen LogP contribution is -2.06. The Labute approximate surface area is 318 Å². The van der Waals surface area contributed by atoms with Crippen LogP contribution in [0.15, 0.2) is 22.3 Å². The number of hydrogen-bond donors (Lipinski definition) is 3. The molecule has 49 heavy (non-hydrogen) atoms. The van der Waals surface area contributed by atoms with Gasteiger partial charge >= 0.3 is 5.97 Å². The number of esters is 1. The van der Waals surface area contributed by atoms with Crippen molar-refractivity contribution in [3.8, 4) is 11.8 Å². The van der Waals surface area contributed by atoms with Crippen molar-refractivity contribution in [1.82, 2.24) is 0 Å². The quantitative estimate of drug-likeness (QED) is 0.108. The topological polar surface area (TPSA) is 138 Å². The fourth-order valence-corrected chi connectivity index (χ4v) is 1.03. The van der Waals surface area contributed by atoms with Gasteiger partial charge in [-0.1, -0.05) is 148 Å². The largest absolute Gasteiger partial charge is 0.469 e. The van der Waals surface area contributed by atoms with Crippen LogP contribution in [0.1, 0.15) is 207 Å². The lowest BCUT2D eigenvalue weighted by atomic mass is 10.1. The predicted molar refractivity (Wildman–Crippen MR) is 237 cm³/mol. The van der Waals surface area contributed by atoms with E-state index in [1.54, 1.807) is 20.8 Å². The summed E-state index contributed by atoms with van der Waals surface area (Å²) in [7, 11) is 1.38. The molecule has 0 atom stereocenters. The predicted octanol–water partition coefficient (Wildman–Crippen LogP) is 13.2. The Kier molecular flexibility index (Phi) is 158. The van der Waals surface area contributed by atoms with E-state index in [2.05, 4.69) is 110 Å². The number of carbonyl (C=O) groups excluding carboxylic acids is 3. The van der Waals surface area contributed by atoms with E-state index >= 15 is 0 Å². The summed E-state index contributed by atoms with van der Waals surface area (Å²) in [5.74, 6) is 4.98. The summed E-state index contributed by atoms with van der Waals surface area (Å²) in [6, 6.07) is 0. The number of methoxy groups -OCH3 is 1. The fourth-order valence-electron chi connectivity index (χ4n) is 1.03. The van der Waals surface area contributed by atoms with Gasteiger partial charge in [-0.2, -0.15) is 0 Å². The van der Waals surface area contributed by atoms with Crippen LogP contribution in [0.5, 0.6) is 0 Å². The Morgan fingerprint density at radius 2 is 0.776 bits per heavy atom. The Bertz CT molecular complexity index is 693. The maximum atomic E-state index is 9.96. The summed E-state index contributed by atoms with van der Waals surface area (Å²) in [6.07, 6.45) is 6.80. The van der Waals surface area contributed by atoms with E-state index in [9.17, 15) is 14.4 Å². The van der Waals surface area contributed by atoms with E-state index in [1.807, 2.05) is 20.8 Å². The van der Waals surface area contributed by atoms with Crippen LogP contribution in [-0.2, 0) is 19.1 Å². The standard InChI is InChI=1S/2C7H14.C5H8.C4H8O2.2C3H7NO.C3H7NS.C3H8.6CH4/c2*1-5-7(4)6(2)3;1-3-5-4-2;1-3-4(5)6-2;3*1-2-3(4)5;1-3-2;;;;;;/h2*5H2,1-4H3;3H2,1-2H3;3H2,1-2H3;3*2H2,1H3,(H2,4,5);3H2,1-2H3;6*1H4. The van der Waals surface area contributed by atoms with Crippen LogP contribution in [0.2, 0.25) is 0 Å². The van der Waals surface area contributed by atoms with Crippen LogP contribution in [0.3, 0.4) is 0 Å². The maximum absolute atomic E-state index is 9.96. The molecule has 0 aliphatic heterocycles. The normalized spacial score (nSPS) is 6.55. The van der Waals surface area contributed by atoms with E-state index in [4.69, 9.17) is 5.73 Å². The highest BCUT2D eigenvalue weighted by Crippen LogP contribution is 2.04. The van der Waals surface area contributed by atoms with Crippen LogP contribution in [0.25, 0.3) is 0 Å². The van der Waals surface area contributed by atoms with E-state index in [0.717, 1.165) is 12.8 Å². The van der Waals surface area contributed by atoms with E-state index in [0.29, 0.717) is 24.3 Å². The first kappa shape index (κ1) is 91.1. The minimum atomic E-state index is -0.245. The molecule has 0 bridgehead atoms. The third-order valence-corrected chi connectivity index (χ3v) is 4.97. The molecule has 0 radical (unpaired) electrons. The van der Waals surface area contributed by atoms with Gasteiger partial charge < -0.3 is 21.9 Å². The lowest BCUT2D eigenvalue weighted by Gasteiger charge is -1.94. The SMILES string of the molecule is C.C.C.C.C.C.CC#CCC.CCC.CCC(=O)OC.CCC(C)=C(C)C.CCC(C)=C(C)C.CCC(N)=O.CCC(N)=O.CCC(N)=S. The monoisotopic (exact) mass is 728 g/mol. The Balaban J connectivity index is -0.0000000236. The van der Waals surface area contributed by atoms with Crippen molar-refractivity contribution in [1.29, 1.82) is 0 Å². The zero-order chi connectivity index (χ0) is 36.4. The molecule has 0 spiro atoms. The van der Waals surface area contributed by atoms with Crippen LogP contribution < -0.4 is 17.2 Å². The molecule has 0 saturated carbocycles. The summed E-state index contributed by atoms with van der Waals surface area (Å²) in [6.45, 7) is 32.6. The van der Waals surface area contributed by atoms with Crippen molar-refractivity contribution in [2.24, 2.45) is 17.2 Å². The molecule has 0 aromatic heterocycles. The summed E-state index contributed by atoms with van der Waals surface area (Å²) in [5, 5.41) is 0. The van der Waals surface area contributed by atoms with Crippen molar-refractivity contribution in [2.45, 2.75) is 207 Å². The van der Waals surface area contributed by atoms with Gasteiger partial charge in [-0.15, -0.1) is 11.8 Å². The number of nitrogens with two attached hydrogens (primary N) is 3. The first-order chi connectivity index (χ1) is 19.8. The summed E-state index contributed by atoms with van der Waals surface area (Å²) < 4.78 is 4.26. The summed E-state index contributed by atoms with van der Waals surface area (Å²) in [4.78, 5) is 29.7. The van der Waals surface area contributed by atoms with E-state index in [-0.39, 0.29) is 62.3 Å². The molecular weight excluding hydrogens is 631 g/mol. The average Bonchev–Trinajstić information content (AvgIpc) is 2.98. The number of amides is 2. The van der Waals surface area contributed by atoms with Crippen LogP contribution in [-0.4, -0.2) is 29.9 Å². The van der Waals surface area contributed by atoms with Gasteiger partial charge in [0.1, 0.15) is 0 Å². The first-order valence-electron chi connectivity index (χ1n) is 15.4. The van der Waals surface area contributed by atoms with Crippen molar-refractivity contribution in [3.63, 3.8) is 0 Å². The Morgan fingerprint density at radius 1 is 0.551 bits per heavy atom. The van der Waals surface area contributed by atoms with Gasteiger partial charge in [-0.05, 0) is 67.7 Å². The van der Waals surface area contributed by atoms with Gasteiger partial charge in [0.05, 0.1) is 12.1 Å². The molecular formula is C41H97N3O4S. The van der Waals surface area contributed by atoms with E-state index in [1.165, 1.54) is 48.7 Å². The highest BCUT2D eigenvalue weighted by atomic mass is 32.1. The lowest BCUT2D eigenvalue weighted by molar-refractivity contribution is -0.140. The van der Waals surface area contributed by atoms with Gasteiger partial charge in [-0.3, -0.25) is 14.4 Å².